The van der Waals surface area contributed by atoms with Gasteiger partial charge in [0, 0.05) is 23.4 Å². The van der Waals surface area contributed by atoms with Gasteiger partial charge in [0.15, 0.2) is 0 Å². The first-order valence-electron chi connectivity index (χ1n) is 9.97. The van der Waals surface area contributed by atoms with Gasteiger partial charge in [-0.2, -0.15) is 0 Å². The van der Waals surface area contributed by atoms with Crippen LogP contribution < -0.4 is 5.32 Å². The summed E-state index contributed by atoms with van der Waals surface area (Å²) in [5.74, 6) is -3.09. The molecule has 2 rings (SSSR count). The molecule has 0 atom stereocenters. The van der Waals surface area contributed by atoms with E-state index < -0.39 is 34.4 Å². The van der Waals surface area contributed by atoms with Crippen molar-refractivity contribution in [2.24, 2.45) is 0 Å². The number of nitro benzene ring substituents is 1. The van der Waals surface area contributed by atoms with Crippen LogP contribution in [-0.4, -0.2) is 48.6 Å². The SMILES string of the molecule is CCOC(=O)c1cc(NC(=O)c2cc(C(=O)OCC)cc([N+](=O)[O-])c2)cc(C(=O)OCC)c1. The number of amides is 1. The minimum absolute atomic E-state index is 0.0102. The Hall–Kier alpha value is -4.28. The molecule has 0 heterocycles. The van der Waals surface area contributed by atoms with Gasteiger partial charge in [-0.05, 0) is 45.0 Å². The highest BCUT2D eigenvalue weighted by atomic mass is 16.6. The molecule has 0 saturated heterocycles. The van der Waals surface area contributed by atoms with Gasteiger partial charge < -0.3 is 19.5 Å². The minimum Gasteiger partial charge on any atom is -0.462 e. The lowest BCUT2D eigenvalue weighted by Gasteiger charge is -2.11. The summed E-state index contributed by atoms with van der Waals surface area (Å²) in [7, 11) is 0. The molecule has 0 aliphatic heterocycles. The molecule has 0 unspecified atom stereocenters. The molecule has 11 nitrogen and oxygen atoms in total. The molecular formula is C22H22N2O9. The molecule has 2 aromatic rings. The van der Waals surface area contributed by atoms with Crippen molar-refractivity contribution in [2.75, 3.05) is 25.1 Å². The number of anilines is 1. The molecule has 11 heteroatoms. The number of carbonyl (C=O) groups is 4. The number of rotatable bonds is 9. The van der Waals surface area contributed by atoms with Crippen molar-refractivity contribution in [2.45, 2.75) is 20.8 Å². The predicted octanol–water partition coefficient (Wildman–Crippen LogP) is 3.38. The quantitative estimate of drug-likeness (QED) is 0.258. The largest absolute Gasteiger partial charge is 0.462 e. The predicted molar refractivity (Wildman–Crippen MR) is 115 cm³/mol. The van der Waals surface area contributed by atoms with E-state index in [-0.39, 0.29) is 47.8 Å². The summed E-state index contributed by atoms with van der Waals surface area (Å²) >= 11 is 0. The van der Waals surface area contributed by atoms with E-state index in [1.807, 2.05) is 0 Å². The number of hydrogen-bond donors (Lipinski definition) is 1. The minimum atomic E-state index is -0.829. The standard InChI is InChI=1S/C22H22N2O9/c1-4-31-20(26)14-8-15(21(27)32-5-2)10-17(9-14)23-19(25)13-7-16(22(28)33-6-3)12-18(11-13)24(29)30/h7-12H,4-6H2,1-3H3,(H,23,25). The van der Waals surface area contributed by atoms with Crippen LogP contribution in [0.3, 0.4) is 0 Å². The molecule has 0 aliphatic carbocycles. The number of esters is 3. The van der Waals surface area contributed by atoms with Crippen LogP contribution in [0.4, 0.5) is 11.4 Å². The number of ether oxygens (including phenoxy) is 3. The van der Waals surface area contributed by atoms with Gasteiger partial charge in [0.05, 0.1) is 41.4 Å². The Morgan fingerprint density at radius 3 is 1.55 bits per heavy atom. The molecule has 0 spiro atoms. The maximum Gasteiger partial charge on any atom is 0.338 e. The highest BCUT2D eigenvalue weighted by Gasteiger charge is 2.20. The second kappa shape index (κ2) is 11.4. The average molecular weight is 458 g/mol. The molecule has 0 bridgehead atoms. The average Bonchev–Trinajstić information content (AvgIpc) is 2.79. The number of carbonyl (C=O) groups excluding carboxylic acids is 4. The summed E-state index contributed by atoms with van der Waals surface area (Å²) in [4.78, 5) is 59.7. The Balaban J connectivity index is 2.45. The molecular weight excluding hydrogens is 436 g/mol. The van der Waals surface area contributed by atoms with Crippen LogP contribution >= 0.6 is 0 Å². The first-order valence-corrected chi connectivity index (χ1v) is 9.97. The molecule has 0 aliphatic rings. The lowest BCUT2D eigenvalue weighted by molar-refractivity contribution is -0.384. The highest BCUT2D eigenvalue weighted by molar-refractivity contribution is 6.07. The van der Waals surface area contributed by atoms with Crippen LogP contribution in [0.1, 0.15) is 62.2 Å². The Kier molecular flexibility index (Phi) is 8.61. The normalized spacial score (nSPS) is 10.2. The number of hydrogen-bond acceptors (Lipinski definition) is 9. The molecule has 174 valence electrons. The Morgan fingerprint density at radius 1 is 0.727 bits per heavy atom. The van der Waals surface area contributed by atoms with Gasteiger partial charge in [-0.25, -0.2) is 14.4 Å². The van der Waals surface area contributed by atoms with Crippen molar-refractivity contribution in [1.82, 2.24) is 0 Å². The monoisotopic (exact) mass is 458 g/mol. The zero-order valence-electron chi connectivity index (χ0n) is 18.2. The highest BCUT2D eigenvalue weighted by Crippen LogP contribution is 2.22. The number of benzene rings is 2. The molecule has 0 fully saturated rings. The van der Waals surface area contributed by atoms with Crippen molar-refractivity contribution < 1.29 is 38.3 Å². The molecule has 0 saturated carbocycles. The third-order valence-electron chi connectivity index (χ3n) is 4.12. The molecule has 33 heavy (non-hydrogen) atoms. The third-order valence-corrected chi connectivity index (χ3v) is 4.12. The van der Waals surface area contributed by atoms with Crippen molar-refractivity contribution >= 4 is 35.2 Å². The second-order valence-electron chi connectivity index (χ2n) is 6.44. The summed E-state index contributed by atoms with van der Waals surface area (Å²) in [6.45, 7) is 5.02. The number of nitrogens with one attached hydrogen (secondary N) is 1. The van der Waals surface area contributed by atoms with Crippen LogP contribution in [0.15, 0.2) is 36.4 Å². The third kappa shape index (κ3) is 6.60. The van der Waals surface area contributed by atoms with Gasteiger partial charge >= 0.3 is 17.9 Å². The Labute approximate surface area is 188 Å². The van der Waals surface area contributed by atoms with Crippen molar-refractivity contribution in [1.29, 1.82) is 0 Å². The van der Waals surface area contributed by atoms with Crippen LogP contribution in [0.2, 0.25) is 0 Å². The van der Waals surface area contributed by atoms with E-state index in [1.165, 1.54) is 18.2 Å². The van der Waals surface area contributed by atoms with Crippen molar-refractivity contribution in [3.63, 3.8) is 0 Å². The van der Waals surface area contributed by atoms with Crippen LogP contribution in [0.25, 0.3) is 0 Å². The smallest absolute Gasteiger partial charge is 0.338 e. The molecule has 0 radical (unpaired) electrons. The first kappa shape index (κ1) is 25.0. The summed E-state index contributed by atoms with van der Waals surface area (Å²) < 4.78 is 14.7. The van der Waals surface area contributed by atoms with E-state index in [2.05, 4.69) is 5.32 Å². The van der Waals surface area contributed by atoms with Crippen LogP contribution in [-0.2, 0) is 14.2 Å². The number of non-ortho nitro benzene ring substituents is 1. The van der Waals surface area contributed by atoms with E-state index in [0.717, 1.165) is 18.2 Å². The van der Waals surface area contributed by atoms with Gasteiger partial charge in [0.25, 0.3) is 11.6 Å². The summed E-state index contributed by atoms with van der Waals surface area (Å²) in [5.41, 5.74) is -0.848. The molecule has 1 N–H and O–H groups in total. The van der Waals surface area contributed by atoms with E-state index in [4.69, 9.17) is 14.2 Å². The van der Waals surface area contributed by atoms with Crippen molar-refractivity contribution in [3.05, 3.63) is 68.8 Å². The maximum atomic E-state index is 12.8. The second-order valence-corrected chi connectivity index (χ2v) is 6.44. The van der Waals surface area contributed by atoms with E-state index >= 15 is 0 Å². The lowest BCUT2D eigenvalue weighted by Crippen LogP contribution is -2.16. The maximum absolute atomic E-state index is 12.8. The van der Waals surface area contributed by atoms with Gasteiger partial charge in [-0.3, -0.25) is 14.9 Å². The van der Waals surface area contributed by atoms with E-state index in [0.29, 0.717) is 0 Å². The number of nitro groups is 1. The zero-order chi connectivity index (χ0) is 24.5. The van der Waals surface area contributed by atoms with Gasteiger partial charge in [0.1, 0.15) is 0 Å². The van der Waals surface area contributed by atoms with Crippen molar-refractivity contribution in [3.8, 4) is 0 Å². The van der Waals surface area contributed by atoms with Crippen LogP contribution in [0, 0.1) is 10.1 Å². The van der Waals surface area contributed by atoms with Gasteiger partial charge in [0.2, 0.25) is 0 Å². The molecule has 0 aromatic heterocycles. The Morgan fingerprint density at radius 2 is 1.12 bits per heavy atom. The summed E-state index contributed by atoms with van der Waals surface area (Å²) in [6, 6.07) is 6.94. The first-order chi connectivity index (χ1) is 15.7. The summed E-state index contributed by atoms with van der Waals surface area (Å²) in [6.07, 6.45) is 0. The fraction of sp³-hybridized carbons (Fsp3) is 0.273. The summed E-state index contributed by atoms with van der Waals surface area (Å²) in [5, 5.41) is 13.7. The zero-order valence-corrected chi connectivity index (χ0v) is 18.2. The van der Waals surface area contributed by atoms with E-state index in [1.54, 1.807) is 20.8 Å². The van der Waals surface area contributed by atoms with E-state index in [9.17, 15) is 29.3 Å². The van der Waals surface area contributed by atoms with Gasteiger partial charge in [-0.15, -0.1) is 0 Å². The topological polar surface area (TPSA) is 151 Å². The fourth-order valence-electron chi connectivity index (χ4n) is 2.75. The lowest BCUT2D eigenvalue weighted by atomic mass is 10.1. The number of nitrogens with zero attached hydrogens (tertiary/aromatic N) is 1. The van der Waals surface area contributed by atoms with Crippen LogP contribution in [0.5, 0.6) is 0 Å². The molecule has 2 aromatic carbocycles. The Bertz CT molecular complexity index is 1060. The molecule has 1 amide bonds. The van der Waals surface area contributed by atoms with Gasteiger partial charge in [-0.1, -0.05) is 0 Å². The fourth-order valence-corrected chi connectivity index (χ4v) is 2.75.